The highest BCUT2D eigenvalue weighted by atomic mass is 35.5. The van der Waals surface area contributed by atoms with E-state index >= 15 is 0 Å². The molecule has 2 aromatic rings. The molecule has 0 fully saturated rings. The van der Waals surface area contributed by atoms with Gasteiger partial charge in [-0.2, -0.15) is 0 Å². The van der Waals surface area contributed by atoms with E-state index in [2.05, 4.69) is 5.32 Å². The van der Waals surface area contributed by atoms with Crippen LogP contribution >= 0.6 is 12.4 Å². The number of hydrogen-bond acceptors (Lipinski definition) is 5. The number of nitrogens with zero attached hydrogens (tertiary/aromatic N) is 1. The van der Waals surface area contributed by atoms with Crippen molar-refractivity contribution >= 4 is 24.0 Å². The molecule has 0 spiro atoms. The van der Waals surface area contributed by atoms with Gasteiger partial charge in [-0.3, -0.25) is 4.79 Å². The maximum Gasteiger partial charge on any atom is 0.241 e. The molecule has 1 aliphatic rings. The van der Waals surface area contributed by atoms with E-state index in [0.717, 1.165) is 5.56 Å². The number of fused-ring (bicyclic) bond motifs is 1. The fourth-order valence-electron chi connectivity index (χ4n) is 2.63. The molecule has 0 atom stereocenters. The summed E-state index contributed by atoms with van der Waals surface area (Å²) in [6.45, 7) is 1.79. The molecular formula is C19H22ClFN2O4. The maximum atomic E-state index is 13.3. The third-order valence-corrected chi connectivity index (χ3v) is 3.98. The highest BCUT2D eigenvalue weighted by Crippen LogP contribution is 2.33. The summed E-state index contributed by atoms with van der Waals surface area (Å²) in [5.41, 5.74) is 1.52. The summed E-state index contributed by atoms with van der Waals surface area (Å²) >= 11 is 0. The van der Waals surface area contributed by atoms with Gasteiger partial charge >= 0.3 is 0 Å². The third-order valence-electron chi connectivity index (χ3n) is 3.98. The zero-order valence-electron chi connectivity index (χ0n) is 14.9. The fourth-order valence-corrected chi connectivity index (χ4v) is 2.63. The Hall–Kier alpha value is -2.35. The van der Waals surface area contributed by atoms with Crippen molar-refractivity contribution in [3.8, 4) is 11.5 Å². The Balaban J connectivity index is 0.00000261. The number of rotatable bonds is 8. The van der Waals surface area contributed by atoms with E-state index < -0.39 is 0 Å². The smallest absolute Gasteiger partial charge is 0.241 e. The number of benzene rings is 2. The minimum absolute atomic E-state index is 0. The second kappa shape index (κ2) is 10.1. The highest BCUT2D eigenvalue weighted by molar-refractivity contribution is 5.94. The molecule has 0 bridgehead atoms. The van der Waals surface area contributed by atoms with Crippen molar-refractivity contribution in [2.24, 2.45) is 0 Å². The van der Waals surface area contributed by atoms with Gasteiger partial charge in [-0.15, -0.1) is 12.4 Å². The molecule has 27 heavy (non-hydrogen) atoms. The van der Waals surface area contributed by atoms with Gasteiger partial charge in [0.15, 0.2) is 11.5 Å². The van der Waals surface area contributed by atoms with Crippen LogP contribution in [0.5, 0.6) is 11.5 Å². The van der Waals surface area contributed by atoms with E-state index in [1.54, 1.807) is 24.1 Å². The average Bonchev–Trinajstić information content (AvgIpc) is 3.12. The lowest BCUT2D eigenvalue weighted by atomic mass is 10.1. The molecule has 8 heteroatoms. The maximum absolute atomic E-state index is 13.3. The molecule has 0 aromatic heterocycles. The van der Waals surface area contributed by atoms with E-state index in [4.69, 9.17) is 14.2 Å². The SMILES string of the molecule is COCCNCC(=O)N(Cc1ccc2c(c1)OCO2)c1ccc(F)cc1.Cl. The molecule has 0 radical (unpaired) electrons. The van der Waals surface area contributed by atoms with Crippen molar-refractivity contribution < 1.29 is 23.4 Å². The molecule has 0 aliphatic carbocycles. The molecule has 1 aliphatic heterocycles. The van der Waals surface area contributed by atoms with Gasteiger partial charge in [-0.05, 0) is 42.0 Å². The number of hydrogen-bond donors (Lipinski definition) is 1. The molecule has 3 rings (SSSR count). The van der Waals surface area contributed by atoms with Crippen molar-refractivity contribution in [3.05, 3.63) is 53.8 Å². The van der Waals surface area contributed by atoms with E-state index in [9.17, 15) is 9.18 Å². The van der Waals surface area contributed by atoms with Gasteiger partial charge in [0, 0.05) is 19.3 Å². The van der Waals surface area contributed by atoms with Crippen molar-refractivity contribution in [3.63, 3.8) is 0 Å². The minimum Gasteiger partial charge on any atom is -0.454 e. The van der Waals surface area contributed by atoms with Crippen LogP contribution in [0.2, 0.25) is 0 Å². The highest BCUT2D eigenvalue weighted by Gasteiger charge is 2.19. The second-order valence-corrected chi connectivity index (χ2v) is 5.81. The molecule has 6 nitrogen and oxygen atoms in total. The number of nitrogens with one attached hydrogen (secondary N) is 1. The standard InChI is InChI=1S/C19H21FN2O4.ClH/c1-24-9-8-21-11-19(23)22(16-5-3-15(20)4-6-16)12-14-2-7-17-18(10-14)26-13-25-17;/h2-7,10,21H,8-9,11-13H2,1H3;1H. The zero-order chi connectivity index (χ0) is 18.4. The van der Waals surface area contributed by atoms with Crippen LogP contribution in [0.4, 0.5) is 10.1 Å². The van der Waals surface area contributed by atoms with Crippen LogP contribution in [-0.4, -0.2) is 39.5 Å². The summed E-state index contributed by atoms with van der Waals surface area (Å²) in [4.78, 5) is 14.3. The molecule has 0 saturated heterocycles. The largest absolute Gasteiger partial charge is 0.454 e. The fraction of sp³-hybridized carbons (Fsp3) is 0.316. The predicted molar refractivity (Wildman–Crippen MR) is 102 cm³/mol. The molecule has 0 unspecified atom stereocenters. The Morgan fingerprint density at radius 1 is 1.19 bits per heavy atom. The second-order valence-electron chi connectivity index (χ2n) is 5.81. The number of anilines is 1. The van der Waals surface area contributed by atoms with E-state index in [0.29, 0.717) is 36.9 Å². The predicted octanol–water partition coefficient (Wildman–Crippen LogP) is 2.75. The summed E-state index contributed by atoms with van der Waals surface area (Å²) in [5.74, 6) is 0.884. The van der Waals surface area contributed by atoms with Crippen LogP contribution in [0, 0.1) is 5.82 Å². The van der Waals surface area contributed by atoms with E-state index in [1.807, 2.05) is 18.2 Å². The van der Waals surface area contributed by atoms with Gasteiger partial charge in [0.05, 0.1) is 19.7 Å². The van der Waals surface area contributed by atoms with Crippen LogP contribution < -0.4 is 19.7 Å². The Bertz CT molecular complexity index is 758. The Morgan fingerprint density at radius 3 is 2.67 bits per heavy atom. The Morgan fingerprint density at radius 2 is 1.93 bits per heavy atom. The Kier molecular flexibility index (Phi) is 7.84. The lowest BCUT2D eigenvalue weighted by Crippen LogP contribution is -2.38. The first-order chi connectivity index (χ1) is 12.7. The lowest BCUT2D eigenvalue weighted by molar-refractivity contribution is -0.118. The molecule has 1 N–H and O–H groups in total. The number of carbonyl (C=O) groups is 1. The van der Waals surface area contributed by atoms with Crippen LogP contribution in [-0.2, 0) is 16.1 Å². The summed E-state index contributed by atoms with van der Waals surface area (Å²) in [7, 11) is 1.61. The number of carbonyl (C=O) groups excluding carboxylic acids is 1. The van der Waals surface area contributed by atoms with Crippen molar-refractivity contribution in [2.75, 3.05) is 38.5 Å². The molecule has 2 aromatic carbocycles. The molecule has 0 saturated carbocycles. The summed E-state index contributed by atoms with van der Waals surface area (Å²) < 4.78 is 28.9. The van der Waals surface area contributed by atoms with Gasteiger partial charge in [0.2, 0.25) is 12.7 Å². The summed E-state index contributed by atoms with van der Waals surface area (Å²) in [5, 5.41) is 3.04. The zero-order valence-corrected chi connectivity index (χ0v) is 15.8. The summed E-state index contributed by atoms with van der Waals surface area (Å²) in [6, 6.07) is 11.4. The van der Waals surface area contributed by atoms with Crippen LogP contribution in [0.25, 0.3) is 0 Å². The van der Waals surface area contributed by atoms with Gasteiger partial charge < -0.3 is 24.4 Å². The molecule has 1 heterocycles. The molecule has 1 amide bonds. The van der Waals surface area contributed by atoms with E-state index in [1.165, 1.54) is 12.1 Å². The molecule has 146 valence electrons. The van der Waals surface area contributed by atoms with E-state index in [-0.39, 0.29) is 37.5 Å². The van der Waals surface area contributed by atoms with Crippen molar-refractivity contribution in [1.82, 2.24) is 5.32 Å². The van der Waals surface area contributed by atoms with Gasteiger partial charge in [-0.1, -0.05) is 6.07 Å². The quantitative estimate of drug-likeness (QED) is 0.695. The first kappa shape index (κ1) is 21.0. The molecular weight excluding hydrogens is 375 g/mol. The van der Waals surface area contributed by atoms with Gasteiger partial charge in [0.1, 0.15) is 5.82 Å². The van der Waals surface area contributed by atoms with Gasteiger partial charge in [-0.25, -0.2) is 4.39 Å². The number of halogens is 2. The van der Waals surface area contributed by atoms with Gasteiger partial charge in [0.25, 0.3) is 0 Å². The number of ether oxygens (including phenoxy) is 3. The van der Waals surface area contributed by atoms with Crippen molar-refractivity contribution in [1.29, 1.82) is 0 Å². The monoisotopic (exact) mass is 396 g/mol. The number of methoxy groups -OCH3 is 1. The first-order valence-electron chi connectivity index (χ1n) is 8.31. The normalized spacial score (nSPS) is 11.8. The average molecular weight is 397 g/mol. The number of amides is 1. The topological polar surface area (TPSA) is 60.0 Å². The summed E-state index contributed by atoms with van der Waals surface area (Å²) in [6.07, 6.45) is 0. The third kappa shape index (κ3) is 5.56. The van der Waals surface area contributed by atoms with Crippen LogP contribution in [0.1, 0.15) is 5.56 Å². The minimum atomic E-state index is -0.345. The van der Waals surface area contributed by atoms with Crippen molar-refractivity contribution in [2.45, 2.75) is 6.54 Å². The Labute approximate surface area is 163 Å². The van der Waals surface area contributed by atoms with Crippen LogP contribution in [0.15, 0.2) is 42.5 Å². The van der Waals surface area contributed by atoms with Crippen LogP contribution in [0.3, 0.4) is 0 Å². The lowest BCUT2D eigenvalue weighted by Gasteiger charge is -2.23. The first-order valence-corrected chi connectivity index (χ1v) is 8.31.